The number of nitrogens with zero attached hydrogens (tertiary/aromatic N) is 2. The van der Waals surface area contributed by atoms with Crippen LogP contribution in [-0.4, -0.2) is 31.1 Å². The largest absolute Gasteiger partial charge is 0.337 e. The first kappa shape index (κ1) is 19.9. The van der Waals surface area contributed by atoms with Crippen LogP contribution in [0.3, 0.4) is 0 Å². The Morgan fingerprint density at radius 2 is 1.92 bits per heavy atom. The molecular weight excluding hydrogens is 358 g/mol. The number of nitrogens with one attached hydrogen (secondary N) is 3. The predicted molar refractivity (Wildman–Crippen MR) is 96.1 cm³/mol. The Morgan fingerprint density at radius 1 is 1.23 bits per heavy atom. The fraction of sp³-hybridized carbons (Fsp3) is 0.438. The Hall–Kier alpha value is -2.46. The number of carbonyl (C=O) groups is 1. The lowest BCUT2D eigenvalue weighted by Crippen LogP contribution is -2.32. The molecule has 0 saturated carbocycles. The van der Waals surface area contributed by atoms with E-state index in [-0.39, 0.29) is 4.90 Å². The van der Waals surface area contributed by atoms with E-state index in [4.69, 9.17) is 4.52 Å². The third-order valence-corrected chi connectivity index (χ3v) is 5.00. The summed E-state index contributed by atoms with van der Waals surface area (Å²) in [7, 11) is -3.53. The summed E-state index contributed by atoms with van der Waals surface area (Å²) in [6.45, 7) is 5.84. The van der Waals surface area contributed by atoms with Crippen molar-refractivity contribution in [1.29, 1.82) is 0 Å². The smallest absolute Gasteiger partial charge is 0.319 e. The number of urea groups is 1. The van der Waals surface area contributed by atoms with Crippen LogP contribution < -0.4 is 15.4 Å². The summed E-state index contributed by atoms with van der Waals surface area (Å²) in [6, 6.07) is 5.07. The molecule has 9 nitrogen and oxygen atoms in total. The lowest BCUT2D eigenvalue weighted by atomic mass is 10.2. The number of amides is 2. The number of carbonyl (C=O) groups excluding carboxylic acids is 1. The maximum atomic E-state index is 12.1. The predicted octanol–water partition coefficient (Wildman–Crippen LogP) is 2.34. The van der Waals surface area contributed by atoms with E-state index in [1.54, 1.807) is 6.92 Å². The van der Waals surface area contributed by atoms with Crippen LogP contribution >= 0.6 is 0 Å². The maximum Gasteiger partial charge on any atom is 0.319 e. The Labute approximate surface area is 152 Å². The third-order valence-electron chi connectivity index (χ3n) is 3.52. The Balaban J connectivity index is 1.98. The van der Waals surface area contributed by atoms with Crippen LogP contribution in [0, 0.1) is 6.92 Å². The monoisotopic (exact) mass is 381 g/mol. The van der Waals surface area contributed by atoms with Gasteiger partial charge in [-0.25, -0.2) is 17.9 Å². The van der Waals surface area contributed by atoms with Crippen LogP contribution in [0.2, 0.25) is 0 Å². The lowest BCUT2D eigenvalue weighted by molar-refractivity contribution is 0.243. The highest BCUT2D eigenvalue weighted by atomic mass is 32.2. The Bertz CT molecular complexity index is 833. The van der Waals surface area contributed by atoms with Gasteiger partial charge in [0.1, 0.15) is 6.04 Å². The summed E-state index contributed by atoms with van der Waals surface area (Å²) >= 11 is 0. The van der Waals surface area contributed by atoms with Gasteiger partial charge in [-0.2, -0.15) is 4.98 Å². The van der Waals surface area contributed by atoms with Gasteiger partial charge in [-0.1, -0.05) is 19.0 Å². The minimum absolute atomic E-state index is 0.143. The van der Waals surface area contributed by atoms with Crippen LogP contribution in [0.5, 0.6) is 0 Å². The molecule has 2 rings (SSSR count). The SMILES string of the molecule is CCCNS(=O)(=O)c1ccc(NC(=O)NC(CC)c2nc(C)no2)cc1. The van der Waals surface area contributed by atoms with Crippen LogP contribution in [0.1, 0.15) is 44.4 Å². The normalized spacial score (nSPS) is 12.6. The van der Waals surface area contributed by atoms with Gasteiger partial charge < -0.3 is 15.2 Å². The molecule has 1 aromatic carbocycles. The average Bonchev–Trinajstić information content (AvgIpc) is 3.04. The van der Waals surface area contributed by atoms with E-state index in [1.165, 1.54) is 24.3 Å². The second-order valence-corrected chi connectivity index (χ2v) is 7.43. The number of aromatic nitrogens is 2. The summed E-state index contributed by atoms with van der Waals surface area (Å²) in [5, 5.41) is 9.10. The molecule has 0 saturated heterocycles. The van der Waals surface area contributed by atoms with Crippen LogP contribution in [0.15, 0.2) is 33.7 Å². The summed E-state index contributed by atoms with van der Waals surface area (Å²) in [5.74, 6) is 0.831. The van der Waals surface area contributed by atoms with E-state index in [0.717, 1.165) is 0 Å². The number of hydrogen-bond acceptors (Lipinski definition) is 6. The first-order valence-corrected chi connectivity index (χ1v) is 9.81. The van der Waals surface area contributed by atoms with Crippen molar-refractivity contribution in [3.8, 4) is 0 Å². The molecule has 10 heteroatoms. The first-order valence-electron chi connectivity index (χ1n) is 8.33. The minimum atomic E-state index is -3.53. The lowest BCUT2D eigenvalue weighted by Gasteiger charge is -2.14. The van der Waals surface area contributed by atoms with Gasteiger partial charge in [-0.3, -0.25) is 0 Å². The quantitative estimate of drug-likeness (QED) is 0.644. The van der Waals surface area contributed by atoms with Gasteiger partial charge in [0, 0.05) is 12.2 Å². The van der Waals surface area contributed by atoms with Crippen molar-refractivity contribution in [2.75, 3.05) is 11.9 Å². The van der Waals surface area contributed by atoms with Crippen molar-refractivity contribution < 1.29 is 17.7 Å². The van der Waals surface area contributed by atoms with Gasteiger partial charge >= 0.3 is 6.03 Å². The standard InChI is InChI=1S/C16H23N5O4S/c1-4-10-17-26(23,24)13-8-6-12(7-9-13)19-16(22)20-14(5-2)15-18-11(3)21-25-15/h6-9,14,17H,4-5,10H2,1-3H3,(H2,19,20,22). The van der Waals surface area contributed by atoms with Gasteiger partial charge in [-0.05, 0) is 44.0 Å². The van der Waals surface area contributed by atoms with E-state index in [0.29, 0.717) is 36.8 Å². The zero-order valence-electron chi connectivity index (χ0n) is 14.9. The molecule has 1 atom stereocenters. The van der Waals surface area contributed by atoms with Crippen molar-refractivity contribution in [1.82, 2.24) is 20.2 Å². The molecule has 0 aliphatic rings. The molecule has 0 spiro atoms. The second-order valence-electron chi connectivity index (χ2n) is 5.66. The van der Waals surface area contributed by atoms with Gasteiger partial charge in [0.05, 0.1) is 4.90 Å². The highest BCUT2D eigenvalue weighted by Gasteiger charge is 2.19. The second kappa shape index (κ2) is 8.77. The van der Waals surface area contributed by atoms with Gasteiger partial charge in [0.2, 0.25) is 15.9 Å². The Kier molecular flexibility index (Phi) is 6.70. The Morgan fingerprint density at radius 3 is 2.46 bits per heavy atom. The van der Waals surface area contributed by atoms with Crippen molar-refractivity contribution >= 4 is 21.7 Å². The topological polar surface area (TPSA) is 126 Å². The maximum absolute atomic E-state index is 12.1. The number of anilines is 1. The van der Waals surface area contributed by atoms with Gasteiger partial charge in [0.15, 0.2) is 5.82 Å². The zero-order valence-corrected chi connectivity index (χ0v) is 15.8. The number of aryl methyl sites for hydroxylation is 1. The average molecular weight is 381 g/mol. The van der Waals surface area contributed by atoms with Crippen molar-refractivity contribution in [3.05, 3.63) is 36.0 Å². The van der Waals surface area contributed by atoms with E-state index in [9.17, 15) is 13.2 Å². The molecule has 0 radical (unpaired) electrons. The third kappa shape index (κ3) is 5.27. The highest BCUT2D eigenvalue weighted by molar-refractivity contribution is 7.89. The molecule has 0 bridgehead atoms. The fourth-order valence-electron chi connectivity index (χ4n) is 2.16. The van der Waals surface area contributed by atoms with E-state index < -0.39 is 22.1 Å². The molecule has 0 aliphatic heterocycles. The number of benzene rings is 1. The summed E-state index contributed by atoms with van der Waals surface area (Å²) < 4.78 is 31.6. The van der Waals surface area contributed by atoms with E-state index in [2.05, 4.69) is 25.5 Å². The molecule has 0 aliphatic carbocycles. The van der Waals surface area contributed by atoms with E-state index >= 15 is 0 Å². The molecule has 0 fully saturated rings. The highest BCUT2D eigenvalue weighted by Crippen LogP contribution is 2.16. The summed E-state index contributed by atoms with van der Waals surface area (Å²) in [4.78, 5) is 16.4. The molecule has 2 amide bonds. The number of rotatable bonds is 8. The summed E-state index contributed by atoms with van der Waals surface area (Å²) in [6.07, 6.45) is 1.28. The van der Waals surface area contributed by atoms with Gasteiger partial charge in [-0.15, -0.1) is 0 Å². The molecule has 1 heterocycles. The van der Waals surface area contributed by atoms with Crippen molar-refractivity contribution in [2.24, 2.45) is 0 Å². The molecule has 2 aromatic rings. The fourth-order valence-corrected chi connectivity index (χ4v) is 3.29. The zero-order chi connectivity index (χ0) is 19.2. The van der Waals surface area contributed by atoms with Gasteiger partial charge in [0.25, 0.3) is 0 Å². The summed E-state index contributed by atoms with van der Waals surface area (Å²) in [5.41, 5.74) is 0.466. The van der Waals surface area contributed by atoms with Crippen LogP contribution in [0.25, 0.3) is 0 Å². The molecule has 1 aromatic heterocycles. The number of sulfonamides is 1. The van der Waals surface area contributed by atoms with Crippen LogP contribution in [-0.2, 0) is 10.0 Å². The molecule has 3 N–H and O–H groups in total. The minimum Gasteiger partial charge on any atom is -0.337 e. The molecule has 26 heavy (non-hydrogen) atoms. The molecule has 1 unspecified atom stereocenters. The first-order chi connectivity index (χ1) is 12.4. The number of hydrogen-bond donors (Lipinski definition) is 3. The molecule has 142 valence electrons. The van der Waals surface area contributed by atoms with Crippen molar-refractivity contribution in [2.45, 2.75) is 44.6 Å². The molecular formula is C16H23N5O4S. The van der Waals surface area contributed by atoms with E-state index in [1.807, 2.05) is 13.8 Å². The van der Waals surface area contributed by atoms with Crippen molar-refractivity contribution in [3.63, 3.8) is 0 Å². The van der Waals surface area contributed by atoms with Crippen LogP contribution in [0.4, 0.5) is 10.5 Å².